The van der Waals surface area contributed by atoms with Crippen LogP contribution < -0.4 is 5.32 Å². The number of aryl methyl sites for hydroxylation is 1. The van der Waals surface area contributed by atoms with Crippen molar-refractivity contribution in [1.82, 2.24) is 5.32 Å². The van der Waals surface area contributed by atoms with Crippen LogP contribution in [0, 0.1) is 5.92 Å². The number of fused-ring (bicyclic) bond motifs is 1. The zero-order valence-corrected chi connectivity index (χ0v) is 13.9. The molecule has 0 saturated carbocycles. The molecule has 1 aromatic heterocycles. The first kappa shape index (κ1) is 16.1. The van der Waals surface area contributed by atoms with Crippen LogP contribution in [-0.2, 0) is 13.0 Å². The maximum absolute atomic E-state index is 5.95. The van der Waals surface area contributed by atoms with Gasteiger partial charge >= 0.3 is 0 Å². The van der Waals surface area contributed by atoms with Gasteiger partial charge < -0.3 is 9.73 Å². The Balaban J connectivity index is 1.96. The van der Waals surface area contributed by atoms with Gasteiger partial charge in [0.25, 0.3) is 0 Å². The second-order valence-electron chi connectivity index (χ2n) is 6.46. The number of hydrogen-bond donors (Lipinski definition) is 1. The fourth-order valence-corrected chi connectivity index (χ4v) is 2.84. The topological polar surface area (TPSA) is 25.2 Å². The summed E-state index contributed by atoms with van der Waals surface area (Å²) >= 11 is 0. The van der Waals surface area contributed by atoms with Crippen molar-refractivity contribution < 1.29 is 4.42 Å². The zero-order valence-electron chi connectivity index (χ0n) is 13.9. The van der Waals surface area contributed by atoms with E-state index < -0.39 is 0 Å². The van der Waals surface area contributed by atoms with Crippen molar-refractivity contribution in [3.8, 4) is 0 Å². The monoisotopic (exact) mass is 287 g/mol. The van der Waals surface area contributed by atoms with Gasteiger partial charge in [-0.15, -0.1) is 0 Å². The van der Waals surface area contributed by atoms with Crippen LogP contribution in [0.15, 0.2) is 28.7 Å². The van der Waals surface area contributed by atoms with Gasteiger partial charge in [-0.3, -0.25) is 0 Å². The third-order valence-corrected chi connectivity index (χ3v) is 4.15. The second-order valence-corrected chi connectivity index (χ2v) is 6.46. The van der Waals surface area contributed by atoms with Gasteiger partial charge in [0.05, 0.1) is 0 Å². The molecule has 0 fully saturated rings. The maximum Gasteiger partial charge on any atom is 0.134 e. The van der Waals surface area contributed by atoms with Crippen molar-refractivity contribution in [2.45, 2.75) is 66.0 Å². The molecule has 0 amide bonds. The smallest absolute Gasteiger partial charge is 0.134 e. The third-order valence-electron chi connectivity index (χ3n) is 4.15. The maximum atomic E-state index is 5.95. The second kappa shape index (κ2) is 7.65. The minimum Gasteiger partial charge on any atom is -0.461 e. The lowest BCUT2D eigenvalue weighted by molar-refractivity contribution is 0.454. The van der Waals surface area contributed by atoms with Crippen LogP contribution in [-0.4, -0.2) is 6.04 Å². The van der Waals surface area contributed by atoms with E-state index in [1.807, 2.05) is 6.07 Å². The summed E-state index contributed by atoms with van der Waals surface area (Å²) in [6.07, 6.45) is 4.82. The summed E-state index contributed by atoms with van der Waals surface area (Å²) in [5, 5.41) is 4.93. The zero-order chi connectivity index (χ0) is 15.2. The highest BCUT2D eigenvalue weighted by atomic mass is 16.3. The number of rotatable bonds is 8. The van der Waals surface area contributed by atoms with E-state index in [9.17, 15) is 0 Å². The van der Waals surface area contributed by atoms with Gasteiger partial charge in [0.1, 0.15) is 11.3 Å². The van der Waals surface area contributed by atoms with Crippen molar-refractivity contribution >= 4 is 11.0 Å². The molecular formula is C19H29NO. The average molecular weight is 287 g/mol. The Hall–Kier alpha value is -1.28. The van der Waals surface area contributed by atoms with Gasteiger partial charge in [0.15, 0.2) is 0 Å². The van der Waals surface area contributed by atoms with Crippen LogP contribution in [0.5, 0.6) is 0 Å². The summed E-state index contributed by atoms with van der Waals surface area (Å²) in [4.78, 5) is 0. The molecule has 2 rings (SSSR count). The predicted molar refractivity (Wildman–Crippen MR) is 90.6 cm³/mol. The van der Waals surface area contributed by atoms with E-state index in [0.717, 1.165) is 30.2 Å². The normalized spacial score (nSPS) is 13.2. The Kier molecular flexibility index (Phi) is 5.86. The lowest BCUT2D eigenvalue weighted by Gasteiger charge is -2.14. The summed E-state index contributed by atoms with van der Waals surface area (Å²) in [5.41, 5.74) is 2.35. The fourth-order valence-electron chi connectivity index (χ4n) is 2.84. The standard InChI is InChI=1S/C19H29NO/c1-5-18-17(16-11-6-7-12-19(16)21-18)13-20-15(4)10-8-9-14(2)3/h6-7,11-12,14-15,20H,5,8-10,13H2,1-4H3. The molecule has 0 bridgehead atoms. The van der Waals surface area contributed by atoms with Crippen molar-refractivity contribution in [3.05, 3.63) is 35.6 Å². The average Bonchev–Trinajstić information content (AvgIpc) is 2.82. The molecule has 0 aliphatic carbocycles. The molecule has 0 aliphatic heterocycles. The van der Waals surface area contributed by atoms with Crippen molar-refractivity contribution in [2.24, 2.45) is 5.92 Å². The molecule has 2 aromatic rings. The number of para-hydroxylation sites is 1. The van der Waals surface area contributed by atoms with E-state index in [1.54, 1.807) is 0 Å². The van der Waals surface area contributed by atoms with E-state index in [4.69, 9.17) is 4.42 Å². The summed E-state index contributed by atoms with van der Waals surface area (Å²) in [5.74, 6) is 1.93. The van der Waals surface area contributed by atoms with Crippen molar-refractivity contribution in [3.63, 3.8) is 0 Å². The molecular weight excluding hydrogens is 258 g/mol. The number of nitrogens with one attached hydrogen (secondary N) is 1. The molecule has 1 heterocycles. The first-order chi connectivity index (χ1) is 10.1. The van der Waals surface area contributed by atoms with Gasteiger partial charge in [0.2, 0.25) is 0 Å². The van der Waals surface area contributed by atoms with Crippen LogP contribution in [0.25, 0.3) is 11.0 Å². The molecule has 1 atom stereocenters. The van der Waals surface area contributed by atoms with Gasteiger partial charge in [-0.1, -0.05) is 51.8 Å². The lowest BCUT2D eigenvalue weighted by atomic mass is 10.0. The summed E-state index contributed by atoms with van der Waals surface area (Å²) < 4.78 is 5.95. The van der Waals surface area contributed by atoms with Gasteiger partial charge in [0, 0.05) is 30.0 Å². The number of benzene rings is 1. The molecule has 21 heavy (non-hydrogen) atoms. The van der Waals surface area contributed by atoms with Crippen molar-refractivity contribution in [1.29, 1.82) is 0 Å². The minimum atomic E-state index is 0.558. The minimum absolute atomic E-state index is 0.558. The Morgan fingerprint density at radius 3 is 2.57 bits per heavy atom. The van der Waals surface area contributed by atoms with E-state index in [-0.39, 0.29) is 0 Å². The molecule has 2 heteroatoms. The van der Waals surface area contributed by atoms with Crippen LogP contribution in [0.4, 0.5) is 0 Å². The van der Waals surface area contributed by atoms with Gasteiger partial charge in [-0.2, -0.15) is 0 Å². The Labute approximate surface area is 128 Å². The third kappa shape index (κ3) is 4.34. The molecule has 0 spiro atoms. The fraction of sp³-hybridized carbons (Fsp3) is 0.579. The van der Waals surface area contributed by atoms with E-state index >= 15 is 0 Å². The molecule has 2 nitrogen and oxygen atoms in total. The predicted octanol–water partition coefficient (Wildman–Crippen LogP) is 5.30. The van der Waals surface area contributed by atoms with Gasteiger partial charge in [-0.25, -0.2) is 0 Å². The SMILES string of the molecule is CCc1oc2ccccc2c1CNC(C)CCCC(C)C. The molecule has 0 saturated heterocycles. The Morgan fingerprint density at radius 2 is 1.86 bits per heavy atom. The van der Waals surface area contributed by atoms with Crippen LogP contribution in [0.2, 0.25) is 0 Å². The summed E-state index contributed by atoms with van der Waals surface area (Å²) in [6, 6.07) is 8.91. The molecule has 116 valence electrons. The molecule has 0 aliphatic rings. The molecule has 1 unspecified atom stereocenters. The highest BCUT2D eigenvalue weighted by molar-refractivity contribution is 5.82. The molecule has 0 radical (unpaired) electrons. The van der Waals surface area contributed by atoms with Crippen LogP contribution in [0.3, 0.4) is 0 Å². The highest BCUT2D eigenvalue weighted by Crippen LogP contribution is 2.26. The first-order valence-electron chi connectivity index (χ1n) is 8.34. The van der Waals surface area contributed by atoms with E-state index in [2.05, 4.69) is 51.2 Å². The van der Waals surface area contributed by atoms with Crippen molar-refractivity contribution in [2.75, 3.05) is 0 Å². The van der Waals surface area contributed by atoms with E-state index in [1.165, 1.54) is 30.2 Å². The lowest BCUT2D eigenvalue weighted by Crippen LogP contribution is -2.25. The molecule has 1 aromatic carbocycles. The highest BCUT2D eigenvalue weighted by Gasteiger charge is 2.13. The van der Waals surface area contributed by atoms with E-state index in [0.29, 0.717) is 6.04 Å². The number of hydrogen-bond acceptors (Lipinski definition) is 2. The van der Waals surface area contributed by atoms with Crippen LogP contribution >= 0.6 is 0 Å². The number of furan rings is 1. The summed E-state index contributed by atoms with van der Waals surface area (Å²) in [7, 11) is 0. The Morgan fingerprint density at radius 1 is 1.10 bits per heavy atom. The quantitative estimate of drug-likeness (QED) is 0.712. The first-order valence-corrected chi connectivity index (χ1v) is 8.34. The molecule has 1 N–H and O–H groups in total. The van der Waals surface area contributed by atoms with Gasteiger partial charge in [-0.05, 0) is 25.3 Å². The van der Waals surface area contributed by atoms with Crippen LogP contribution in [0.1, 0.15) is 58.3 Å². The Bertz CT molecular complexity index is 556. The largest absolute Gasteiger partial charge is 0.461 e. The summed E-state index contributed by atoms with van der Waals surface area (Å²) in [6.45, 7) is 9.94.